The second-order valence-electron chi connectivity index (χ2n) is 4.97. The molecule has 1 spiro atoms. The molecule has 0 bridgehead atoms. The quantitative estimate of drug-likeness (QED) is 0.570. The summed E-state index contributed by atoms with van der Waals surface area (Å²) >= 11 is 0. The van der Waals surface area contributed by atoms with Gasteiger partial charge < -0.3 is 5.32 Å². The maximum Gasteiger partial charge on any atom is 0.235 e. The van der Waals surface area contributed by atoms with E-state index in [1.54, 1.807) is 0 Å². The smallest absolute Gasteiger partial charge is 0.235 e. The Morgan fingerprint density at radius 1 is 1.31 bits per heavy atom. The summed E-state index contributed by atoms with van der Waals surface area (Å²) in [5.74, 6) is 0.147. The van der Waals surface area contributed by atoms with Gasteiger partial charge in [-0.2, -0.15) is 0 Å². The molecule has 16 heavy (non-hydrogen) atoms. The summed E-state index contributed by atoms with van der Waals surface area (Å²) in [5.41, 5.74) is -0.295. The summed E-state index contributed by atoms with van der Waals surface area (Å²) in [6.45, 7) is 1.43. The first-order chi connectivity index (χ1) is 7.69. The Morgan fingerprint density at radius 3 is 2.62 bits per heavy atom. The zero-order valence-corrected chi connectivity index (χ0v) is 9.92. The SMILES string of the molecule is CNCCCN1C(=O)CC2(CCCC2)C1=O. The second-order valence-corrected chi connectivity index (χ2v) is 4.97. The minimum atomic E-state index is -0.295. The van der Waals surface area contributed by atoms with Crippen molar-refractivity contribution in [3.05, 3.63) is 0 Å². The van der Waals surface area contributed by atoms with Gasteiger partial charge >= 0.3 is 0 Å². The van der Waals surface area contributed by atoms with Gasteiger partial charge in [-0.25, -0.2) is 0 Å². The van der Waals surface area contributed by atoms with Gasteiger partial charge in [-0.15, -0.1) is 0 Å². The van der Waals surface area contributed by atoms with E-state index in [1.165, 1.54) is 4.90 Å². The van der Waals surface area contributed by atoms with Gasteiger partial charge in [0.15, 0.2) is 0 Å². The zero-order valence-electron chi connectivity index (χ0n) is 9.92. The third kappa shape index (κ3) is 1.86. The number of carbonyl (C=O) groups excluding carboxylic acids is 2. The van der Waals surface area contributed by atoms with Crippen molar-refractivity contribution in [2.24, 2.45) is 5.41 Å². The molecule has 2 rings (SSSR count). The summed E-state index contributed by atoms with van der Waals surface area (Å²) in [4.78, 5) is 25.5. The largest absolute Gasteiger partial charge is 0.320 e. The maximum absolute atomic E-state index is 12.2. The summed E-state index contributed by atoms with van der Waals surface area (Å²) in [6.07, 6.45) is 5.35. The molecule has 1 N–H and O–H groups in total. The molecule has 0 aromatic rings. The Labute approximate surface area is 96.4 Å². The first kappa shape index (κ1) is 11.6. The van der Waals surface area contributed by atoms with E-state index in [0.29, 0.717) is 13.0 Å². The Balaban J connectivity index is 1.99. The standard InChI is InChI=1S/C12H20N2O2/c1-13-7-4-8-14-10(15)9-12(11(14)16)5-2-3-6-12/h13H,2-9H2,1H3. The molecule has 2 amide bonds. The minimum Gasteiger partial charge on any atom is -0.320 e. The fourth-order valence-corrected chi connectivity index (χ4v) is 2.94. The number of hydrogen-bond acceptors (Lipinski definition) is 3. The molecule has 1 heterocycles. The lowest BCUT2D eigenvalue weighted by Gasteiger charge is -2.20. The summed E-state index contributed by atoms with van der Waals surface area (Å²) in [7, 11) is 1.88. The fraction of sp³-hybridized carbons (Fsp3) is 0.833. The van der Waals surface area contributed by atoms with Crippen LogP contribution in [0.15, 0.2) is 0 Å². The Hall–Kier alpha value is -0.900. The van der Waals surface area contributed by atoms with Crippen LogP contribution in [0.1, 0.15) is 38.5 Å². The number of rotatable bonds is 4. The van der Waals surface area contributed by atoms with E-state index in [9.17, 15) is 9.59 Å². The van der Waals surface area contributed by atoms with Crippen molar-refractivity contribution in [2.45, 2.75) is 38.5 Å². The Bertz CT molecular complexity index is 295. The van der Waals surface area contributed by atoms with E-state index in [0.717, 1.165) is 38.6 Å². The highest BCUT2D eigenvalue weighted by Gasteiger charge is 2.52. The van der Waals surface area contributed by atoms with E-state index >= 15 is 0 Å². The van der Waals surface area contributed by atoms with E-state index in [2.05, 4.69) is 5.32 Å². The van der Waals surface area contributed by atoms with E-state index < -0.39 is 0 Å². The molecule has 0 aromatic heterocycles. The zero-order chi connectivity index (χ0) is 11.6. The highest BCUT2D eigenvalue weighted by molar-refractivity contribution is 6.06. The molecule has 0 radical (unpaired) electrons. The molecule has 0 atom stereocenters. The van der Waals surface area contributed by atoms with Gasteiger partial charge in [-0.3, -0.25) is 14.5 Å². The van der Waals surface area contributed by atoms with Crippen LogP contribution in [0.5, 0.6) is 0 Å². The molecule has 2 aliphatic rings. The number of amides is 2. The number of hydrogen-bond donors (Lipinski definition) is 1. The second kappa shape index (κ2) is 4.53. The predicted molar refractivity (Wildman–Crippen MR) is 60.8 cm³/mol. The van der Waals surface area contributed by atoms with Gasteiger partial charge in [-0.05, 0) is 32.9 Å². The molecule has 1 saturated carbocycles. The summed E-state index contributed by atoms with van der Waals surface area (Å²) in [5, 5.41) is 3.03. The first-order valence-electron chi connectivity index (χ1n) is 6.19. The normalized spacial score (nSPS) is 23.7. The van der Waals surface area contributed by atoms with Crippen LogP contribution in [0.2, 0.25) is 0 Å². The lowest BCUT2D eigenvalue weighted by Crippen LogP contribution is -2.36. The third-order valence-corrected chi connectivity index (χ3v) is 3.86. The van der Waals surface area contributed by atoms with Gasteiger partial charge in [-0.1, -0.05) is 12.8 Å². The molecule has 90 valence electrons. The summed E-state index contributed by atoms with van der Waals surface area (Å²) < 4.78 is 0. The summed E-state index contributed by atoms with van der Waals surface area (Å²) in [6, 6.07) is 0. The average molecular weight is 224 g/mol. The van der Waals surface area contributed by atoms with E-state index in [1.807, 2.05) is 7.05 Å². The van der Waals surface area contributed by atoms with Crippen molar-refractivity contribution in [3.8, 4) is 0 Å². The number of likely N-dealkylation sites (tertiary alicyclic amines) is 1. The fourth-order valence-electron chi connectivity index (χ4n) is 2.94. The van der Waals surface area contributed by atoms with Crippen LogP contribution in [-0.4, -0.2) is 36.9 Å². The molecule has 0 unspecified atom stereocenters. The number of carbonyl (C=O) groups is 2. The van der Waals surface area contributed by atoms with E-state index in [-0.39, 0.29) is 17.2 Å². The molecular weight excluding hydrogens is 204 g/mol. The molecule has 1 saturated heterocycles. The van der Waals surface area contributed by atoms with Crippen molar-refractivity contribution in [2.75, 3.05) is 20.1 Å². The number of imide groups is 1. The molecule has 1 aliphatic heterocycles. The maximum atomic E-state index is 12.2. The van der Waals surface area contributed by atoms with Gasteiger partial charge in [0.1, 0.15) is 0 Å². The predicted octanol–water partition coefficient (Wildman–Crippen LogP) is 0.915. The van der Waals surface area contributed by atoms with Crippen LogP contribution in [0, 0.1) is 5.41 Å². The topological polar surface area (TPSA) is 49.4 Å². The van der Waals surface area contributed by atoms with Gasteiger partial charge in [0.05, 0.1) is 5.41 Å². The third-order valence-electron chi connectivity index (χ3n) is 3.86. The lowest BCUT2D eigenvalue weighted by atomic mass is 9.84. The van der Waals surface area contributed by atoms with Crippen LogP contribution >= 0.6 is 0 Å². The number of nitrogens with one attached hydrogen (secondary N) is 1. The minimum absolute atomic E-state index is 0.0444. The Kier molecular flexibility index (Phi) is 3.28. The molecule has 2 fully saturated rings. The van der Waals surface area contributed by atoms with Gasteiger partial charge in [0.25, 0.3) is 0 Å². The van der Waals surface area contributed by atoms with Gasteiger partial charge in [0.2, 0.25) is 11.8 Å². The lowest BCUT2D eigenvalue weighted by molar-refractivity contribution is -0.141. The van der Waals surface area contributed by atoms with Gasteiger partial charge in [0, 0.05) is 13.0 Å². The highest BCUT2D eigenvalue weighted by atomic mass is 16.2. The Morgan fingerprint density at radius 2 is 2.00 bits per heavy atom. The molecule has 4 nitrogen and oxygen atoms in total. The first-order valence-corrected chi connectivity index (χ1v) is 6.19. The van der Waals surface area contributed by atoms with Crippen LogP contribution in [0.4, 0.5) is 0 Å². The molecule has 4 heteroatoms. The average Bonchev–Trinajstić information content (AvgIpc) is 2.80. The van der Waals surface area contributed by atoms with E-state index in [4.69, 9.17) is 0 Å². The molecule has 1 aliphatic carbocycles. The number of nitrogens with zero attached hydrogens (tertiary/aromatic N) is 1. The van der Waals surface area contributed by atoms with Crippen LogP contribution in [-0.2, 0) is 9.59 Å². The van der Waals surface area contributed by atoms with Crippen molar-refractivity contribution < 1.29 is 9.59 Å². The van der Waals surface area contributed by atoms with Crippen LogP contribution in [0.3, 0.4) is 0 Å². The molecular formula is C12H20N2O2. The van der Waals surface area contributed by atoms with Crippen molar-refractivity contribution in [1.29, 1.82) is 0 Å². The molecule has 0 aromatic carbocycles. The van der Waals surface area contributed by atoms with Crippen molar-refractivity contribution in [1.82, 2.24) is 10.2 Å². The van der Waals surface area contributed by atoms with Crippen molar-refractivity contribution >= 4 is 11.8 Å². The monoisotopic (exact) mass is 224 g/mol. The van der Waals surface area contributed by atoms with Crippen molar-refractivity contribution in [3.63, 3.8) is 0 Å². The highest BCUT2D eigenvalue weighted by Crippen LogP contribution is 2.46. The van der Waals surface area contributed by atoms with Crippen LogP contribution in [0.25, 0.3) is 0 Å². The van der Waals surface area contributed by atoms with Crippen LogP contribution < -0.4 is 5.32 Å².